The van der Waals surface area contributed by atoms with E-state index in [0.717, 1.165) is 0 Å². The summed E-state index contributed by atoms with van der Waals surface area (Å²) in [7, 11) is 0. The molecule has 20 aromatic carbocycles. The fraction of sp³-hybridized carbons (Fsp3) is 0. The Morgan fingerprint density at radius 1 is 0.0893 bits per heavy atom. The van der Waals surface area contributed by atoms with Crippen molar-refractivity contribution in [3.8, 4) is 189 Å². The second kappa shape index (κ2) is 26.7. The standard InChI is InChI=1S/C112H70/c1-9-35-71(36-10-1)79-51-25-29-55-85(79)105-99-67-95(75-43-17-5-18-44-75)97(77-47-21-7-22-48-77)69-101(99)107(87-57-31-27-53-81(87)73-39-13-3-14-40-73)111-93-65-63-83(89-59-33-61-91(103(89)93)109(105)111)84-64-66-94-104-90(84)60-34-62-92(104)110-106(86-56-30-26-52-80(86)72-37-11-2-12-38-72)100-68-96(76-45-19-6-20-46-76)98(78-49-23-8-24-50-78)70-102(100)108(112(94)110)88-58-32-28-54-82(88)74-41-15-4-16-42-74/h1-70H. The summed E-state index contributed by atoms with van der Waals surface area (Å²) in [5.41, 5.74) is 40.9. The average Bonchev–Trinajstić information content (AvgIpc) is 1.65. The van der Waals surface area contributed by atoms with Crippen molar-refractivity contribution in [2.24, 2.45) is 0 Å². The summed E-state index contributed by atoms with van der Waals surface area (Å²) >= 11 is 0. The lowest BCUT2D eigenvalue weighted by Gasteiger charge is -2.25. The molecule has 0 unspecified atom stereocenters. The number of hydrogen-bond donors (Lipinski definition) is 0. The third-order valence-electron chi connectivity index (χ3n) is 23.8. The molecule has 0 amide bonds. The third kappa shape index (κ3) is 10.3. The van der Waals surface area contributed by atoms with Crippen molar-refractivity contribution in [1.29, 1.82) is 0 Å². The van der Waals surface area contributed by atoms with Gasteiger partial charge in [0.25, 0.3) is 0 Å². The SMILES string of the molecule is c1ccc(-c2cc3c(-c4ccccc4-c4ccccc4)c4c(c(-c5ccccc5-c5ccccc5)c3cc2-c2ccccc2)-c2ccc(-c3ccc5c6c(cccc36)-c3c-5c(-c5ccccc5-c5ccccc5)c5cc(-c6ccccc6)c(-c6ccccc6)cc5c3-c3ccccc3-c3ccccc3)c3cccc-4c23)cc1. The molecule has 0 heterocycles. The normalized spacial score (nSPS) is 11.8. The molecule has 0 heteroatoms. The van der Waals surface area contributed by atoms with Gasteiger partial charge in [0.1, 0.15) is 0 Å². The average molecular weight is 1420 g/mol. The van der Waals surface area contributed by atoms with E-state index in [0.29, 0.717) is 0 Å². The van der Waals surface area contributed by atoms with Crippen molar-refractivity contribution < 1.29 is 0 Å². The van der Waals surface area contributed by atoms with Crippen molar-refractivity contribution in [1.82, 2.24) is 0 Å². The molecule has 2 aliphatic rings. The summed E-state index contributed by atoms with van der Waals surface area (Å²) in [6.07, 6.45) is 0. The molecule has 0 N–H and O–H groups in total. The Morgan fingerprint density at radius 3 is 0.482 bits per heavy atom. The van der Waals surface area contributed by atoms with Gasteiger partial charge in [0.2, 0.25) is 0 Å². The molecule has 0 aliphatic heterocycles. The molecule has 0 spiro atoms. The van der Waals surface area contributed by atoms with Gasteiger partial charge in [0.15, 0.2) is 0 Å². The summed E-state index contributed by atoms with van der Waals surface area (Å²) in [4.78, 5) is 0. The zero-order valence-corrected chi connectivity index (χ0v) is 61.4. The summed E-state index contributed by atoms with van der Waals surface area (Å²) in [6.45, 7) is 0. The highest BCUT2D eigenvalue weighted by atomic mass is 14.4. The molecule has 0 radical (unpaired) electrons. The van der Waals surface area contributed by atoms with Crippen LogP contribution in [0.15, 0.2) is 425 Å². The lowest BCUT2D eigenvalue weighted by molar-refractivity contribution is 1.57. The Bertz CT molecular complexity index is 6350. The molecule has 0 saturated heterocycles. The lowest BCUT2D eigenvalue weighted by Crippen LogP contribution is -1.98. The zero-order chi connectivity index (χ0) is 73.7. The van der Waals surface area contributed by atoms with E-state index < -0.39 is 0 Å². The van der Waals surface area contributed by atoms with Gasteiger partial charge in [-0.15, -0.1) is 0 Å². The summed E-state index contributed by atoms with van der Waals surface area (Å²) in [6, 6.07) is 159. The van der Waals surface area contributed by atoms with Crippen molar-refractivity contribution in [2.45, 2.75) is 0 Å². The van der Waals surface area contributed by atoms with E-state index in [-0.39, 0.29) is 0 Å². The van der Waals surface area contributed by atoms with Gasteiger partial charge >= 0.3 is 0 Å². The van der Waals surface area contributed by atoms with Gasteiger partial charge in [-0.3, -0.25) is 0 Å². The minimum absolute atomic E-state index is 1.17. The monoisotopic (exact) mass is 1410 g/mol. The summed E-state index contributed by atoms with van der Waals surface area (Å²) in [5.74, 6) is 0. The van der Waals surface area contributed by atoms with Crippen LogP contribution in [0.3, 0.4) is 0 Å². The van der Waals surface area contributed by atoms with E-state index >= 15 is 0 Å². The molecule has 20 aromatic rings. The van der Waals surface area contributed by atoms with Crippen LogP contribution in [0.2, 0.25) is 0 Å². The highest BCUT2D eigenvalue weighted by Gasteiger charge is 2.37. The molecule has 0 atom stereocenters. The largest absolute Gasteiger partial charge is 0.0622 e. The van der Waals surface area contributed by atoms with Crippen molar-refractivity contribution in [3.05, 3.63) is 425 Å². The highest BCUT2D eigenvalue weighted by Crippen LogP contribution is 2.64. The quantitative estimate of drug-likeness (QED) is 0.108. The van der Waals surface area contributed by atoms with Gasteiger partial charge in [-0.25, -0.2) is 0 Å². The molecular weight excluding hydrogens is 1350 g/mol. The van der Waals surface area contributed by atoms with Gasteiger partial charge in [-0.1, -0.05) is 400 Å². The van der Waals surface area contributed by atoms with Gasteiger partial charge in [0.05, 0.1) is 0 Å². The van der Waals surface area contributed by atoms with Crippen LogP contribution in [0.5, 0.6) is 0 Å². The Hall–Kier alpha value is -14.6. The van der Waals surface area contributed by atoms with Crippen LogP contribution in [0.1, 0.15) is 0 Å². The summed E-state index contributed by atoms with van der Waals surface area (Å²) < 4.78 is 0. The number of rotatable bonds is 13. The topological polar surface area (TPSA) is 0 Å². The Kier molecular flexibility index (Phi) is 15.4. The van der Waals surface area contributed by atoms with Crippen LogP contribution in [0, 0.1) is 0 Å². The minimum Gasteiger partial charge on any atom is -0.0622 e. The maximum Gasteiger partial charge on any atom is -0.000718 e. The Labute approximate surface area is 652 Å². The third-order valence-corrected chi connectivity index (χ3v) is 23.8. The van der Waals surface area contributed by atoms with E-state index in [4.69, 9.17) is 0 Å². The number of fused-ring (bicyclic) bond motifs is 8. The predicted octanol–water partition coefficient (Wildman–Crippen LogP) is 31.3. The first kappa shape index (κ1) is 64.6. The fourth-order valence-corrected chi connectivity index (χ4v) is 19.1. The molecule has 0 nitrogen and oxygen atoms in total. The van der Waals surface area contributed by atoms with Gasteiger partial charge < -0.3 is 0 Å². The van der Waals surface area contributed by atoms with E-state index in [1.54, 1.807) is 0 Å². The van der Waals surface area contributed by atoms with Crippen molar-refractivity contribution in [3.63, 3.8) is 0 Å². The molecule has 0 saturated carbocycles. The molecule has 2 aliphatic carbocycles. The van der Waals surface area contributed by atoms with Crippen LogP contribution in [0.25, 0.3) is 232 Å². The van der Waals surface area contributed by atoms with Crippen LogP contribution < -0.4 is 0 Å². The first-order chi connectivity index (χ1) is 55.7. The Morgan fingerprint density at radius 2 is 0.259 bits per heavy atom. The van der Waals surface area contributed by atoms with E-state index in [1.165, 1.54) is 232 Å². The Balaban J connectivity index is 0.859. The minimum atomic E-state index is 1.17. The fourth-order valence-electron chi connectivity index (χ4n) is 19.1. The first-order valence-electron chi connectivity index (χ1n) is 39.0. The molecule has 518 valence electrons. The highest BCUT2D eigenvalue weighted by molar-refractivity contribution is 6.34. The molecule has 0 fully saturated rings. The van der Waals surface area contributed by atoms with Gasteiger partial charge in [-0.2, -0.15) is 0 Å². The van der Waals surface area contributed by atoms with Gasteiger partial charge in [0, 0.05) is 0 Å². The van der Waals surface area contributed by atoms with Crippen molar-refractivity contribution in [2.75, 3.05) is 0 Å². The van der Waals surface area contributed by atoms with Gasteiger partial charge in [-0.05, 0) is 257 Å². The first-order valence-corrected chi connectivity index (χ1v) is 39.0. The second-order valence-electron chi connectivity index (χ2n) is 29.8. The molecule has 112 heavy (non-hydrogen) atoms. The van der Waals surface area contributed by atoms with Crippen LogP contribution in [0.4, 0.5) is 0 Å². The molecule has 22 rings (SSSR count). The molecule has 0 bridgehead atoms. The summed E-state index contributed by atoms with van der Waals surface area (Å²) in [5, 5.41) is 9.76. The maximum atomic E-state index is 2.54. The molecular formula is C112H70. The maximum absolute atomic E-state index is 2.54. The van der Waals surface area contributed by atoms with Crippen molar-refractivity contribution >= 4 is 43.1 Å². The number of benzene rings is 20. The lowest BCUT2D eigenvalue weighted by atomic mass is 9.78. The van der Waals surface area contributed by atoms with Crippen LogP contribution in [-0.2, 0) is 0 Å². The zero-order valence-electron chi connectivity index (χ0n) is 61.4. The van der Waals surface area contributed by atoms with Crippen LogP contribution in [-0.4, -0.2) is 0 Å². The predicted molar refractivity (Wildman–Crippen MR) is 476 cm³/mol. The van der Waals surface area contributed by atoms with E-state index in [1.807, 2.05) is 0 Å². The second-order valence-corrected chi connectivity index (χ2v) is 29.8. The number of hydrogen-bond acceptors (Lipinski definition) is 0. The van der Waals surface area contributed by atoms with E-state index in [9.17, 15) is 0 Å². The van der Waals surface area contributed by atoms with E-state index in [2.05, 4.69) is 425 Å². The van der Waals surface area contributed by atoms with Crippen LogP contribution >= 0.6 is 0 Å². The molecule has 0 aromatic heterocycles. The smallest absolute Gasteiger partial charge is 0.000718 e.